The fourth-order valence-electron chi connectivity index (χ4n) is 2.15. The predicted molar refractivity (Wildman–Crippen MR) is 74.3 cm³/mol. The maximum atomic E-state index is 11.9. The molecule has 1 aliphatic rings. The van der Waals surface area contributed by atoms with Gasteiger partial charge in [-0.25, -0.2) is 14.5 Å². The van der Waals surface area contributed by atoms with Crippen LogP contribution in [0.15, 0.2) is 41.1 Å². The van der Waals surface area contributed by atoms with Crippen LogP contribution in [0.1, 0.15) is 5.56 Å². The number of hydrogen-bond donors (Lipinski definition) is 2. The number of pyridine rings is 1. The number of amides is 4. The van der Waals surface area contributed by atoms with E-state index in [-0.39, 0.29) is 12.6 Å². The van der Waals surface area contributed by atoms with Gasteiger partial charge in [-0.1, -0.05) is 6.07 Å². The first kappa shape index (κ1) is 13.2. The van der Waals surface area contributed by atoms with E-state index in [0.29, 0.717) is 24.5 Å². The summed E-state index contributed by atoms with van der Waals surface area (Å²) in [6.07, 6.45) is 3.23. The van der Waals surface area contributed by atoms with Crippen molar-refractivity contribution in [1.29, 1.82) is 0 Å². The highest BCUT2D eigenvalue weighted by molar-refractivity contribution is 5.94. The Morgan fingerprint density at radius 1 is 1.43 bits per heavy atom. The lowest BCUT2D eigenvalue weighted by Gasteiger charge is -2.14. The summed E-state index contributed by atoms with van der Waals surface area (Å²) in [5, 5.41) is 5.30. The molecular formula is C14H14N4O3. The SMILES string of the molecule is O=C1NCCN1C(=O)NCc1cccnc1-c1ccco1. The standard InChI is InChI=1S/C14H14N4O3/c19-13-16-6-7-18(13)14(20)17-9-10-3-1-5-15-12(10)11-4-2-8-21-11/h1-5,8H,6-7,9H2,(H,16,19)(H,17,20). The van der Waals surface area contributed by atoms with Crippen LogP contribution in [-0.4, -0.2) is 35.0 Å². The minimum Gasteiger partial charge on any atom is -0.463 e. The Hall–Kier alpha value is -2.83. The molecule has 1 aliphatic heterocycles. The van der Waals surface area contributed by atoms with E-state index in [1.807, 2.05) is 12.1 Å². The highest BCUT2D eigenvalue weighted by Gasteiger charge is 2.25. The van der Waals surface area contributed by atoms with Crippen LogP contribution < -0.4 is 10.6 Å². The van der Waals surface area contributed by atoms with Crippen LogP contribution in [0.25, 0.3) is 11.5 Å². The zero-order valence-corrected chi connectivity index (χ0v) is 11.2. The summed E-state index contributed by atoms with van der Waals surface area (Å²) in [5.41, 5.74) is 1.49. The molecule has 0 radical (unpaired) electrons. The van der Waals surface area contributed by atoms with Crippen molar-refractivity contribution in [1.82, 2.24) is 20.5 Å². The first-order valence-corrected chi connectivity index (χ1v) is 6.56. The summed E-state index contributed by atoms with van der Waals surface area (Å²) in [6.45, 7) is 1.13. The second-order valence-electron chi connectivity index (χ2n) is 4.53. The van der Waals surface area contributed by atoms with E-state index in [4.69, 9.17) is 4.42 Å². The fraction of sp³-hybridized carbons (Fsp3) is 0.214. The maximum absolute atomic E-state index is 11.9. The molecule has 7 heteroatoms. The molecule has 0 saturated carbocycles. The van der Waals surface area contributed by atoms with Crippen molar-refractivity contribution in [3.05, 3.63) is 42.3 Å². The summed E-state index contributed by atoms with van der Waals surface area (Å²) in [6, 6.07) is 6.44. The number of carbonyl (C=O) groups excluding carboxylic acids is 2. The summed E-state index contributed by atoms with van der Waals surface area (Å²) < 4.78 is 5.33. The van der Waals surface area contributed by atoms with E-state index in [0.717, 1.165) is 10.5 Å². The average molecular weight is 286 g/mol. The molecule has 3 rings (SSSR count). The normalized spacial score (nSPS) is 14.1. The number of furan rings is 1. The first-order chi connectivity index (χ1) is 10.3. The molecule has 21 heavy (non-hydrogen) atoms. The molecule has 1 saturated heterocycles. The highest BCUT2D eigenvalue weighted by Crippen LogP contribution is 2.21. The summed E-state index contributed by atoms with van der Waals surface area (Å²) >= 11 is 0. The quantitative estimate of drug-likeness (QED) is 0.896. The smallest absolute Gasteiger partial charge is 0.325 e. The third-order valence-corrected chi connectivity index (χ3v) is 3.18. The van der Waals surface area contributed by atoms with E-state index < -0.39 is 6.03 Å². The minimum atomic E-state index is -0.417. The third kappa shape index (κ3) is 2.71. The molecule has 0 spiro atoms. The number of hydrogen-bond acceptors (Lipinski definition) is 4. The van der Waals surface area contributed by atoms with Gasteiger partial charge in [0.2, 0.25) is 0 Å². The molecule has 108 valence electrons. The number of nitrogens with one attached hydrogen (secondary N) is 2. The molecule has 0 atom stereocenters. The number of urea groups is 2. The van der Waals surface area contributed by atoms with Crippen molar-refractivity contribution in [3.63, 3.8) is 0 Å². The zero-order valence-electron chi connectivity index (χ0n) is 11.2. The fourth-order valence-corrected chi connectivity index (χ4v) is 2.15. The Morgan fingerprint density at radius 3 is 3.05 bits per heavy atom. The molecule has 2 N–H and O–H groups in total. The van der Waals surface area contributed by atoms with Crippen molar-refractivity contribution in [2.75, 3.05) is 13.1 Å². The Bertz CT molecular complexity index is 654. The highest BCUT2D eigenvalue weighted by atomic mass is 16.3. The van der Waals surface area contributed by atoms with Gasteiger partial charge in [-0.05, 0) is 18.2 Å². The number of aromatic nitrogens is 1. The van der Waals surface area contributed by atoms with Gasteiger partial charge in [0.25, 0.3) is 0 Å². The van der Waals surface area contributed by atoms with E-state index in [9.17, 15) is 9.59 Å². The predicted octanol–water partition coefficient (Wildman–Crippen LogP) is 1.58. The van der Waals surface area contributed by atoms with Crippen LogP contribution in [0.3, 0.4) is 0 Å². The maximum Gasteiger partial charge on any atom is 0.325 e. The molecule has 3 heterocycles. The van der Waals surface area contributed by atoms with E-state index >= 15 is 0 Å². The molecule has 2 aromatic rings. The van der Waals surface area contributed by atoms with Gasteiger partial charge in [0.1, 0.15) is 5.69 Å². The van der Waals surface area contributed by atoms with Gasteiger partial charge in [0.15, 0.2) is 5.76 Å². The largest absolute Gasteiger partial charge is 0.463 e. The van der Waals surface area contributed by atoms with Gasteiger partial charge in [0, 0.05) is 31.4 Å². The molecule has 0 aliphatic carbocycles. The van der Waals surface area contributed by atoms with Crippen molar-refractivity contribution < 1.29 is 14.0 Å². The van der Waals surface area contributed by atoms with Crippen LogP contribution in [0.4, 0.5) is 9.59 Å². The van der Waals surface area contributed by atoms with Gasteiger partial charge >= 0.3 is 12.1 Å². The summed E-state index contributed by atoms with van der Waals surface area (Å²) in [7, 11) is 0. The first-order valence-electron chi connectivity index (χ1n) is 6.56. The summed E-state index contributed by atoms with van der Waals surface area (Å²) in [4.78, 5) is 28.8. The number of nitrogens with zero attached hydrogens (tertiary/aromatic N) is 2. The van der Waals surface area contributed by atoms with Crippen molar-refractivity contribution in [2.24, 2.45) is 0 Å². The Labute approximate surface area is 121 Å². The van der Waals surface area contributed by atoms with Gasteiger partial charge in [-0.3, -0.25) is 4.98 Å². The molecule has 0 aromatic carbocycles. The van der Waals surface area contributed by atoms with E-state index in [2.05, 4.69) is 15.6 Å². The van der Waals surface area contributed by atoms with Crippen molar-refractivity contribution >= 4 is 12.1 Å². The van der Waals surface area contributed by atoms with Gasteiger partial charge < -0.3 is 15.1 Å². The lowest BCUT2D eigenvalue weighted by Crippen LogP contribution is -2.41. The van der Waals surface area contributed by atoms with Crippen LogP contribution in [0.2, 0.25) is 0 Å². The van der Waals surface area contributed by atoms with Crippen LogP contribution in [0.5, 0.6) is 0 Å². The van der Waals surface area contributed by atoms with Crippen LogP contribution in [-0.2, 0) is 6.54 Å². The summed E-state index contributed by atoms with van der Waals surface area (Å²) in [5.74, 6) is 0.638. The van der Waals surface area contributed by atoms with Crippen molar-refractivity contribution in [2.45, 2.75) is 6.54 Å². The molecule has 0 bridgehead atoms. The molecule has 7 nitrogen and oxygen atoms in total. The van der Waals surface area contributed by atoms with E-state index in [1.165, 1.54) is 0 Å². The zero-order chi connectivity index (χ0) is 14.7. The van der Waals surface area contributed by atoms with Gasteiger partial charge in [-0.15, -0.1) is 0 Å². The van der Waals surface area contributed by atoms with E-state index in [1.54, 1.807) is 24.6 Å². The molecule has 2 aromatic heterocycles. The Morgan fingerprint density at radius 2 is 2.33 bits per heavy atom. The van der Waals surface area contributed by atoms with Crippen LogP contribution >= 0.6 is 0 Å². The third-order valence-electron chi connectivity index (χ3n) is 3.18. The molecule has 4 amide bonds. The molecule has 0 unspecified atom stereocenters. The van der Waals surface area contributed by atoms with Gasteiger partial charge in [-0.2, -0.15) is 0 Å². The Kier molecular flexibility index (Phi) is 3.55. The number of carbonyl (C=O) groups is 2. The molecular weight excluding hydrogens is 272 g/mol. The van der Waals surface area contributed by atoms with Crippen LogP contribution in [0, 0.1) is 0 Å². The minimum absolute atomic E-state index is 0.270. The second kappa shape index (κ2) is 5.66. The topological polar surface area (TPSA) is 87.5 Å². The van der Waals surface area contributed by atoms with Gasteiger partial charge in [0.05, 0.1) is 6.26 Å². The number of rotatable bonds is 3. The number of imide groups is 1. The second-order valence-corrected chi connectivity index (χ2v) is 4.53. The average Bonchev–Trinajstić information content (AvgIpc) is 3.16. The lowest BCUT2D eigenvalue weighted by molar-refractivity contribution is 0.198. The molecule has 1 fully saturated rings. The monoisotopic (exact) mass is 286 g/mol. The Balaban J connectivity index is 1.71. The lowest BCUT2D eigenvalue weighted by atomic mass is 10.1. The van der Waals surface area contributed by atoms with Crippen molar-refractivity contribution in [3.8, 4) is 11.5 Å².